The molecule has 0 spiro atoms. The van der Waals surface area contributed by atoms with E-state index in [1.165, 1.54) is 0 Å². The third-order valence-corrected chi connectivity index (χ3v) is 3.30. The molecule has 4 heteroatoms. The molecule has 0 saturated carbocycles. The number of methoxy groups -OCH3 is 2. The van der Waals surface area contributed by atoms with Crippen molar-refractivity contribution in [2.75, 3.05) is 14.2 Å². The Morgan fingerprint density at radius 1 is 1.20 bits per heavy atom. The van der Waals surface area contributed by atoms with Crippen LogP contribution in [0.1, 0.15) is 29.8 Å². The Balaban J connectivity index is 2.45. The number of aromatic nitrogens is 1. The van der Waals surface area contributed by atoms with Crippen molar-refractivity contribution < 1.29 is 14.6 Å². The maximum atomic E-state index is 10.6. The summed E-state index contributed by atoms with van der Waals surface area (Å²) in [6, 6.07) is 9.21. The van der Waals surface area contributed by atoms with Gasteiger partial charge >= 0.3 is 0 Å². The average molecular weight is 273 g/mol. The summed E-state index contributed by atoms with van der Waals surface area (Å²) in [6.07, 6.45) is 1.69. The summed E-state index contributed by atoms with van der Waals surface area (Å²) in [6.45, 7) is 2.04. The highest BCUT2D eigenvalue weighted by molar-refractivity contribution is 5.45. The number of hydrogen-bond donors (Lipinski definition) is 1. The maximum absolute atomic E-state index is 10.6. The largest absolute Gasteiger partial charge is 0.497 e. The molecule has 0 aliphatic rings. The number of pyridine rings is 1. The van der Waals surface area contributed by atoms with Gasteiger partial charge in [0.2, 0.25) is 0 Å². The molecule has 0 amide bonds. The van der Waals surface area contributed by atoms with Crippen molar-refractivity contribution in [1.29, 1.82) is 0 Å². The van der Waals surface area contributed by atoms with Crippen LogP contribution in [0.3, 0.4) is 0 Å². The minimum atomic E-state index is -0.813. The van der Waals surface area contributed by atoms with E-state index in [1.54, 1.807) is 38.6 Å². The minimum absolute atomic E-state index is 0.588. The van der Waals surface area contributed by atoms with Crippen LogP contribution in [0.25, 0.3) is 0 Å². The standard InChI is InChI=1S/C16H19NO3/c1-4-11-6-5-9-17-15(11)16(18)13-8-7-12(19-2)10-14(13)20-3/h5-10,16,18H,4H2,1-3H3. The lowest BCUT2D eigenvalue weighted by atomic mass is 10.00. The number of nitrogens with zero attached hydrogens (tertiary/aromatic N) is 1. The number of aryl methyl sites for hydroxylation is 1. The predicted octanol–water partition coefficient (Wildman–Crippen LogP) is 2.74. The summed E-state index contributed by atoms with van der Waals surface area (Å²) in [5.41, 5.74) is 2.37. The first-order valence-electron chi connectivity index (χ1n) is 6.55. The van der Waals surface area contributed by atoms with Gasteiger partial charge in [-0.05, 0) is 30.2 Å². The Labute approximate surface area is 119 Å². The summed E-state index contributed by atoms with van der Waals surface area (Å²) < 4.78 is 10.5. The second-order valence-corrected chi connectivity index (χ2v) is 4.41. The van der Waals surface area contributed by atoms with Crippen molar-refractivity contribution in [3.8, 4) is 11.5 Å². The molecule has 2 aromatic rings. The second-order valence-electron chi connectivity index (χ2n) is 4.41. The third-order valence-electron chi connectivity index (χ3n) is 3.30. The van der Waals surface area contributed by atoms with Crippen molar-refractivity contribution in [2.45, 2.75) is 19.4 Å². The summed E-state index contributed by atoms with van der Waals surface area (Å²) in [7, 11) is 3.17. The zero-order chi connectivity index (χ0) is 14.5. The molecule has 1 atom stereocenters. The first-order chi connectivity index (χ1) is 9.71. The van der Waals surface area contributed by atoms with E-state index in [9.17, 15) is 5.11 Å². The normalized spacial score (nSPS) is 12.0. The van der Waals surface area contributed by atoms with E-state index >= 15 is 0 Å². The van der Waals surface area contributed by atoms with Gasteiger partial charge in [-0.1, -0.05) is 13.0 Å². The maximum Gasteiger partial charge on any atom is 0.128 e. The number of aliphatic hydroxyl groups excluding tert-OH is 1. The quantitative estimate of drug-likeness (QED) is 0.910. The van der Waals surface area contributed by atoms with E-state index < -0.39 is 6.10 Å². The molecule has 1 N–H and O–H groups in total. The van der Waals surface area contributed by atoms with E-state index in [2.05, 4.69) is 4.98 Å². The van der Waals surface area contributed by atoms with Gasteiger partial charge in [0.25, 0.3) is 0 Å². The van der Waals surface area contributed by atoms with Gasteiger partial charge in [-0.3, -0.25) is 4.98 Å². The summed E-state index contributed by atoms with van der Waals surface area (Å²) in [4.78, 5) is 4.31. The van der Waals surface area contributed by atoms with E-state index in [-0.39, 0.29) is 0 Å². The van der Waals surface area contributed by atoms with Crippen molar-refractivity contribution in [3.05, 3.63) is 53.3 Å². The molecular weight excluding hydrogens is 254 g/mol. The fourth-order valence-corrected chi connectivity index (χ4v) is 2.19. The molecule has 1 unspecified atom stereocenters. The minimum Gasteiger partial charge on any atom is -0.497 e. The van der Waals surface area contributed by atoms with E-state index in [0.29, 0.717) is 22.8 Å². The summed E-state index contributed by atoms with van der Waals surface area (Å²) in [5, 5.41) is 10.6. The first kappa shape index (κ1) is 14.3. The molecule has 4 nitrogen and oxygen atoms in total. The van der Waals surface area contributed by atoms with Crippen LogP contribution in [-0.2, 0) is 6.42 Å². The Bertz CT molecular complexity index is 584. The zero-order valence-electron chi connectivity index (χ0n) is 12.0. The predicted molar refractivity (Wildman–Crippen MR) is 77.2 cm³/mol. The molecule has 2 rings (SSSR count). The topological polar surface area (TPSA) is 51.6 Å². The lowest BCUT2D eigenvalue weighted by Gasteiger charge is -2.17. The van der Waals surface area contributed by atoms with E-state index in [4.69, 9.17) is 9.47 Å². The summed E-state index contributed by atoms with van der Waals surface area (Å²) in [5.74, 6) is 1.28. The number of rotatable bonds is 5. The molecule has 0 aliphatic carbocycles. The van der Waals surface area contributed by atoms with E-state index in [0.717, 1.165) is 12.0 Å². The molecule has 1 aromatic carbocycles. The van der Waals surface area contributed by atoms with E-state index in [1.807, 2.05) is 19.1 Å². The molecule has 0 radical (unpaired) electrons. The number of ether oxygens (including phenoxy) is 2. The van der Waals surface area contributed by atoms with Gasteiger partial charge in [0.15, 0.2) is 0 Å². The van der Waals surface area contributed by atoms with Crippen LogP contribution >= 0.6 is 0 Å². The molecule has 0 fully saturated rings. The van der Waals surface area contributed by atoms with Crippen LogP contribution < -0.4 is 9.47 Å². The van der Waals surface area contributed by atoms with Crippen LogP contribution in [0.4, 0.5) is 0 Å². The Kier molecular flexibility index (Phi) is 4.58. The number of hydrogen-bond acceptors (Lipinski definition) is 4. The van der Waals surface area contributed by atoms with Crippen molar-refractivity contribution >= 4 is 0 Å². The molecule has 0 aliphatic heterocycles. The average Bonchev–Trinajstić information content (AvgIpc) is 2.53. The van der Waals surface area contributed by atoms with Crippen LogP contribution in [0.5, 0.6) is 11.5 Å². The smallest absolute Gasteiger partial charge is 0.128 e. The van der Waals surface area contributed by atoms with Gasteiger partial charge in [0.1, 0.15) is 17.6 Å². The fraction of sp³-hybridized carbons (Fsp3) is 0.312. The Hall–Kier alpha value is -2.07. The molecule has 1 aromatic heterocycles. The number of benzene rings is 1. The van der Waals surface area contributed by atoms with Gasteiger partial charge < -0.3 is 14.6 Å². The highest BCUT2D eigenvalue weighted by Gasteiger charge is 2.19. The lowest BCUT2D eigenvalue weighted by Crippen LogP contribution is -2.07. The molecule has 20 heavy (non-hydrogen) atoms. The Morgan fingerprint density at radius 2 is 2.00 bits per heavy atom. The van der Waals surface area contributed by atoms with Crippen molar-refractivity contribution in [3.63, 3.8) is 0 Å². The highest BCUT2D eigenvalue weighted by Crippen LogP contribution is 2.33. The van der Waals surface area contributed by atoms with Crippen LogP contribution in [0, 0.1) is 0 Å². The fourth-order valence-electron chi connectivity index (χ4n) is 2.19. The third kappa shape index (κ3) is 2.75. The molecular formula is C16H19NO3. The second kappa shape index (κ2) is 6.39. The Morgan fingerprint density at radius 3 is 2.65 bits per heavy atom. The molecule has 0 saturated heterocycles. The van der Waals surface area contributed by atoms with Gasteiger partial charge in [-0.2, -0.15) is 0 Å². The van der Waals surface area contributed by atoms with Crippen LogP contribution in [0.2, 0.25) is 0 Å². The number of aliphatic hydroxyl groups is 1. The van der Waals surface area contributed by atoms with Gasteiger partial charge in [0.05, 0.1) is 19.9 Å². The summed E-state index contributed by atoms with van der Waals surface area (Å²) >= 11 is 0. The molecule has 0 bridgehead atoms. The van der Waals surface area contributed by atoms with Crippen LogP contribution in [0.15, 0.2) is 36.5 Å². The molecule has 106 valence electrons. The van der Waals surface area contributed by atoms with Gasteiger partial charge in [-0.25, -0.2) is 0 Å². The SMILES string of the molecule is CCc1cccnc1C(O)c1ccc(OC)cc1OC. The monoisotopic (exact) mass is 273 g/mol. The zero-order valence-corrected chi connectivity index (χ0v) is 12.0. The highest BCUT2D eigenvalue weighted by atomic mass is 16.5. The van der Waals surface area contributed by atoms with Gasteiger partial charge in [-0.15, -0.1) is 0 Å². The molecule has 1 heterocycles. The lowest BCUT2D eigenvalue weighted by molar-refractivity contribution is 0.208. The van der Waals surface area contributed by atoms with Crippen molar-refractivity contribution in [1.82, 2.24) is 4.98 Å². The van der Waals surface area contributed by atoms with Crippen LogP contribution in [-0.4, -0.2) is 24.3 Å². The van der Waals surface area contributed by atoms with Gasteiger partial charge in [0, 0.05) is 17.8 Å². The first-order valence-corrected chi connectivity index (χ1v) is 6.55. The van der Waals surface area contributed by atoms with Crippen molar-refractivity contribution in [2.24, 2.45) is 0 Å².